The second-order valence-corrected chi connectivity index (χ2v) is 6.22. The number of hydrogen-bond acceptors (Lipinski definition) is 2. The molecular formula is C19H23NO. The monoisotopic (exact) mass is 281 g/mol. The molecule has 0 spiro atoms. The van der Waals surface area contributed by atoms with E-state index in [2.05, 4.69) is 69.2 Å². The highest BCUT2D eigenvalue weighted by Gasteiger charge is 2.22. The maximum absolute atomic E-state index is 5.91. The molecule has 1 aliphatic heterocycles. The topological polar surface area (TPSA) is 12.5 Å². The van der Waals surface area contributed by atoms with Crippen LogP contribution in [0.25, 0.3) is 11.1 Å². The van der Waals surface area contributed by atoms with Crippen molar-refractivity contribution in [1.29, 1.82) is 0 Å². The minimum absolute atomic E-state index is 0.464. The van der Waals surface area contributed by atoms with Crippen molar-refractivity contribution in [3.8, 4) is 16.9 Å². The Balaban J connectivity index is 2.02. The second kappa shape index (κ2) is 5.53. The first-order chi connectivity index (χ1) is 10.1. The molecule has 2 aromatic carbocycles. The Kier molecular flexibility index (Phi) is 3.73. The van der Waals surface area contributed by atoms with Gasteiger partial charge in [0, 0.05) is 6.04 Å². The Labute approximate surface area is 127 Å². The van der Waals surface area contributed by atoms with Crippen LogP contribution in [0.15, 0.2) is 36.4 Å². The summed E-state index contributed by atoms with van der Waals surface area (Å²) in [4.78, 5) is 2.24. The highest BCUT2D eigenvalue weighted by atomic mass is 16.5. The molecule has 0 aliphatic carbocycles. The van der Waals surface area contributed by atoms with Crippen molar-refractivity contribution in [1.82, 2.24) is 4.90 Å². The summed E-state index contributed by atoms with van der Waals surface area (Å²) >= 11 is 0. The van der Waals surface area contributed by atoms with Crippen LogP contribution in [0.2, 0.25) is 0 Å². The van der Waals surface area contributed by atoms with Crippen molar-refractivity contribution >= 4 is 0 Å². The van der Waals surface area contributed by atoms with E-state index in [0.29, 0.717) is 6.04 Å². The summed E-state index contributed by atoms with van der Waals surface area (Å²) in [5, 5.41) is 0. The van der Waals surface area contributed by atoms with E-state index in [1.807, 2.05) is 0 Å². The second-order valence-electron chi connectivity index (χ2n) is 6.22. The molecule has 0 radical (unpaired) electrons. The third kappa shape index (κ3) is 2.68. The van der Waals surface area contributed by atoms with Crippen molar-refractivity contribution in [2.24, 2.45) is 0 Å². The van der Waals surface area contributed by atoms with E-state index in [-0.39, 0.29) is 0 Å². The van der Waals surface area contributed by atoms with Gasteiger partial charge in [-0.3, -0.25) is 0 Å². The van der Waals surface area contributed by atoms with Gasteiger partial charge in [-0.25, -0.2) is 0 Å². The van der Waals surface area contributed by atoms with Crippen molar-refractivity contribution in [3.05, 3.63) is 53.1 Å². The first-order valence-corrected chi connectivity index (χ1v) is 7.55. The maximum atomic E-state index is 5.91. The molecule has 0 N–H and O–H groups in total. The van der Waals surface area contributed by atoms with Gasteiger partial charge in [0.15, 0.2) is 0 Å². The fraction of sp³-hybridized carbons (Fsp3) is 0.368. The molecule has 0 unspecified atom stereocenters. The molecular weight excluding hydrogens is 258 g/mol. The van der Waals surface area contributed by atoms with Crippen LogP contribution in [0.3, 0.4) is 0 Å². The number of fused-ring (bicyclic) bond motifs is 1. The lowest BCUT2D eigenvalue weighted by Crippen LogP contribution is -2.38. The summed E-state index contributed by atoms with van der Waals surface area (Å²) in [6.07, 6.45) is 1.06. The van der Waals surface area contributed by atoms with Crippen LogP contribution >= 0.6 is 0 Å². The van der Waals surface area contributed by atoms with Crippen molar-refractivity contribution in [3.63, 3.8) is 0 Å². The average Bonchev–Trinajstić information content (AvgIpc) is 2.46. The summed E-state index contributed by atoms with van der Waals surface area (Å²) in [5.41, 5.74) is 6.63. The van der Waals surface area contributed by atoms with E-state index in [0.717, 1.165) is 18.8 Å². The molecule has 2 heteroatoms. The molecule has 1 atom stereocenters. The summed E-state index contributed by atoms with van der Waals surface area (Å²) in [7, 11) is 4.24. The minimum Gasteiger partial charge on any atom is -0.492 e. The summed E-state index contributed by atoms with van der Waals surface area (Å²) in [5.74, 6) is 1.04. The standard InChI is InChI=1S/C19H23NO/c1-13-6-5-7-14(2)19(13)15-8-9-18-16(10-15)11-17(12-21-18)20(3)4/h5-10,17H,11-12H2,1-4H3/t17-/m0/s1. The Morgan fingerprint density at radius 3 is 2.43 bits per heavy atom. The number of likely N-dealkylation sites (N-methyl/N-ethyl adjacent to an activating group) is 1. The zero-order valence-electron chi connectivity index (χ0n) is 13.3. The molecule has 1 heterocycles. The molecule has 1 aliphatic rings. The Morgan fingerprint density at radius 1 is 1.05 bits per heavy atom. The number of nitrogens with zero attached hydrogens (tertiary/aromatic N) is 1. The maximum Gasteiger partial charge on any atom is 0.122 e. The zero-order valence-corrected chi connectivity index (χ0v) is 13.3. The normalized spacial score (nSPS) is 17.5. The van der Waals surface area contributed by atoms with E-state index in [1.54, 1.807) is 0 Å². The predicted molar refractivity (Wildman–Crippen MR) is 88.0 cm³/mol. The fourth-order valence-electron chi connectivity index (χ4n) is 3.14. The van der Waals surface area contributed by atoms with Gasteiger partial charge in [-0.05, 0) is 74.3 Å². The Hall–Kier alpha value is -1.80. The Bertz CT molecular complexity index is 640. The molecule has 0 bridgehead atoms. The highest BCUT2D eigenvalue weighted by Crippen LogP contribution is 2.33. The lowest BCUT2D eigenvalue weighted by Gasteiger charge is -2.30. The van der Waals surface area contributed by atoms with Gasteiger partial charge in [0.2, 0.25) is 0 Å². The van der Waals surface area contributed by atoms with E-state index in [4.69, 9.17) is 4.74 Å². The van der Waals surface area contributed by atoms with E-state index in [9.17, 15) is 0 Å². The minimum atomic E-state index is 0.464. The van der Waals surface area contributed by atoms with E-state index in [1.165, 1.54) is 27.8 Å². The van der Waals surface area contributed by atoms with Crippen LogP contribution in [0.5, 0.6) is 5.75 Å². The number of ether oxygens (including phenoxy) is 1. The first kappa shape index (κ1) is 14.2. The van der Waals surface area contributed by atoms with Crippen molar-refractivity contribution in [2.75, 3.05) is 20.7 Å². The molecule has 21 heavy (non-hydrogen) atoms. The Morgan fingerprint density at radius 2 is 1.76 bits per heavy atom. The van der Waals surface area contributed by atoms with E-state index < -0.39 is 0 Å². The van der Waals surface area contributed by atoms with Gasteiger partial charge in [0.05, 0.1) is 0 Å². The number of benzene rings is 2. The first-order valence-electron chi connectivity index (χ1n) is 7.55. The SMILES string of the molecule is Cc1cccc(C)c1-c1ccc2c(c1)C[C@H](N(C)C)CO2. The van der Waals surface area contributed by atoms with Crippen molar-refractivity contribution < 1.29 is 4.74 Å². The molecule has 0 amide bonds. The van der Waals surface area contributed by atoms with Crippen LogP contribution in [0.1, 0.15) is 16.7 Å². The molecule has 110 valence electrons. The van der Waals surface area contributed by atoms with Crippen LogP contribution in [-0.4, -0.2) is 31.6 Å². The van der Waals surface area contributed by atoms with Gasteiger partial charge in [-0.1, -0.05) is 24.3 Å². The van der Waals surface area contributed by atoms with Gasteiger partial charge >= 0.3 is 0 Å². The molecule has 0 fully saturated rings. The number of rotatable bonds is 2. The molecule has 0 aromatic heterocycles. The number of hydrogen-bond donors (Lipinski definition) is 0. The lowest BCUT2D eigenvalue weighted by atomic mass is 9.92. The number of aryl methyl sites for hydroxylation is 2. The van der Waals surface area contributed by atoms with Gasteiger partial charge in [-0.2, -0.15) is 0 Å². The predicted octanol–water partition coefficient (Wildman–Crippen LogP) is 3.84. The highest BCUT2D eigenvalue weighted by molar-refractivity contribution is 5.72. The van der Waals surface area contributed by atoms with Crippen LogP contribution < -0.4 is 4.74 Å². The fourth-order valence-corrected chi connectivity index (χ4v) is 3.14. The summed E-state index contributed by atoms with van der Waals surface area (Å²) in [6.45, 7) is 5.14. The lowest BCUT2D eigenvalue weighted by molar-refractivity contribution is 0.165. The summed E-state index contributed by atoms with van der Waals surface area (Å²) < 4.78 is 5.91. The van der Waals surface area contributed by atoms with Crippen LogP contribution in [-0.2, 0) is 6.42 Å². The van der Waals surface area contributed by atoms with E-state index >= 15 is 0 Å². The van der Waals surface area contributed by atoms with Gasteiger partial charge < -0.3 is 9.64 Å². The average molecular weight is 281 g/mol. The van der Waals surface area contributed by atoms with Crippen LogP contribution in [0, 0.1) is 13.8 Å². The third-order valence-corrected chi connectivity index (χ3v) is 4.45. The van der Waals surface area contributed by atoms with Gasteiger partial charge in [-0.15, -0.1) is 0 Å². The third-order valence-electron chi connectivity index (χ3n) is 4.45. The molecule has 2 aromatic rings. The zero-order chi connectivity index (χ0) is 15.0. The molecule has 0 saturated heterocycles. The summed E-state index contributed by atoms with van der Waals surface area (Å²) in [6, 6.07) is 13.6. The smallest absolute Gasteiger partial charge is 0.122 e. The van der Waals surface area contributed by atoms with Gasteiger partial charge in [0.25, 0.3) is 0 Å². The van der Waals surface area contributed by atoms with Crippen LogP contribution in [0.4, 0.5) is 0 Å². The molecule has 0 saturated carbocycles. The quantitative estimate of drug-likeness (QED) is 0.829. The van der Waals surface area contributed by atoms with Gasteiger partial charge in [0.1, 0.15) is 12.4 Å². The van der Waals surface area contributed by atoms with Crippen molar-refractivity contribution in [2.45, 2.75) is 26.3 Å². The largest absolute Gasteiger partial charge is 0.492 e. The molecule has 2 nitrogen and oxygen atoms in total. The molecule has 3 rings (SSSR count).